The molecule has 1 aromatic heterocycles. The van der Waals surface area contributed by atoms with Crippen molar-refractivity contribution in [3.8, 4) is 6.07 Å². The van der Waals surface area contributed by atoms with Crippen LogP contribution in [0.4, 0.5) is 5.69 Å². The minimum Gasteiger partial charge on any atom is -0.456 e. The Bertz CT molecular complexity index is 1130. The molecule has 3 aromatic rings. The van der Waals surface area contributed by atoms with Crippen LogP contribution in [0, 0.1) is 45.9 Å². The normalized spacial score (nSPS) is 10.7. The summed E-state index contributed by atoms with van der Waals surface area (Å²) in [6.07, 6.45) is 1.12. The zero-order valence-electron chi connectivity index (χ0n) is 18.8. The van der Waals surface area contributed by atoms with Crippen molar-refractivity contribution in [2.45, 2.75) is 52.4 Å². The van der Waals surface area contributed by atoms with Crippen molar-refractivity contribution in [3.05, 3.63) is 81.3 Å². The van der Waals surface area contributed by atoms with Crippen LogP contribution in [0.15, 0.2) is 45.7 Å². The summed E-state index contributed by atoms with van der Waals surface area (Å²) in [7, 11) is 0. The summed E-state index contributed by atoms with van der Waals surface area (Å²) in [5.74, 6) is 1.48. The number of carbonyl (C=O) groups is 1. The van der Waals surface area contributed by atoms with Crippen LogP contribution in [0.3, 0.4) is 0 Å². The van der Waals surface area contributed by atoms with Crippen LogP contribution in [0.5, 0.6) is 0 Å². The van der Waals surface area contributed by atoms with Gasteiger partial charge in [0.05, 0.1) is 11.8 Å². The van der Waals surface area contributed by atoms with Crippen molar-refractivity contribution >= 4 is 23.4 Å². The highest BCUT2D eigenvalue weighted by Gasteiger charge is 2.17. The molecule has 1 amide bonds. The van der Waals surface area contributed by atoms with Gasteiger partial charge in [-0.05, 0) is 92.3 Å². The molecule has 0 unspecified atom stereocenters. The molecular formula is C26H28N2O2S. The number of anilines is 1. The first-order valence-corrected chi connectivity index (χ1v) is 11.4. The number of nitrogens with one attached hydrogen (secondary N) is 1. The van der Waals surface area contributed by atoms with Crippen LogP contribution in [0.1, 0.15) is 56.1 Å². The van der Waals surface area contributed by atoms with Crippen LogP contribution in [0.2, 0.25) is 0 Å². The predicted octanol–water partition coefficient (Wildman–Crippen LogP) is 6.67. The van der Waals surface area contributed by atoms with Crippen molar-refractivity contribution in [2.75, 3.05) is 11.1 Å². The molecule has 0 aliphatic carbocycles. The molecule has 4 nitrogen and oxygen atoms in total. The molecule has 0 saturated heterocycles. The average molecular weight is 433 g/mol. The van der Waals surface area contributed by atoms with E-state index in [0.717, 1.165) is 16.3 Å². The number of carbonyl (C=O) groups excluding carboxylic acids is 1. The molecular weight excluding hydrogens is 404 g/mol. The number of nitriles is 1. The molecule has 0 radical (unpaired) electrons. The van der Waals surface area contributed by atoms with Crippen molar-refractivity contribution in [1.29, 1.82) is 5.26 Å². The first-order valence-electron chi connectivity index (χ1n) is 10.4. The Morgan fingerprint density at radius 3 is 2.29 bits per heavy atom. The number of rotatable bonds is 7. The van der Waals surface area contributed by atoms with Gasteiger partial charge in [-0.1, -0.05) is 12.1 Å². The maximum atomic E-state index is 12.8. The lowest BCUT2D eigenvalue weighted by Gasteiger charge is -2.18. The molecule has 0 atom stereocenters. The van der Waals surface area contributed by atoms with Gasteiger partial charge in [-0.25, -0.2) is 0 Å². The van der Waals surface area contributed by atoms with Gasteiger partial charge in [-0.15, -0.1) is 11.8 Å². The van der Waals surface area contributed by atoms with Gasteiger partial charge in [-0.3, -0.25) is 4.79 Å². The molecule has 0 saturated carbocycles. The summed E-state index contributed by atoms with van der Waals surface area (Å²) in [6.45, 7) is 10.8. The average Bonchev–Trinajstić information content (AvgIpc) is 3.24. The molecule has 5 heteroatoms. The summed E-state index contributed by atoms with van der Waals surface area (Å²) in [4.78, 5) is 13.7. The SMILES string of the molecule is Cc1c(C)c(C)c(Cc2ccc(C(=O)Nc3ccccc3SCCC#N)o2)c(C)c1C. The van der Waals surface area contributed by atoms with E-state index in [1.54, 1.807) is 17.8 Å². The molecule has 31 heavy (non-hydrogen) atoms. The highest BCUT2D eigenvalue weighted by molar-refractivity contribution is 7.99. The minimum absolute atomic E-state index is 0.274. The summed E-state index contributed by atoms with van der Waals surface area (Å²) >= 11 is 1.55. The summed E-state index contributed by atoms with van der Waals surface area (Å²) in [5.41, 5.74) is 8.52. The Kier molecular flexibility index (Phi) is 7.25. The quantitative estimate of drug-likeness (QED) is 0.334. The van der Waals surface area contributed by atoms with Crippen molar-refractivity contribution in [2.24, 2.45) is 0 Å². The second-order valence-electron chi connectivity index (χ2n) is 7.75. The zero-order valence-corrected chi connectivity index (χ0v) is 19.6. The van der Waals surface area contributed by atoms with Gasteiger partial charge in [0.2, 0.25) is 0 Å². The second-order valence-corrected chi connectivity index (χ2v) is 8.89. The Labute approximate surface area is 188 Å². The third-order valence-corrected chi connectivity index (χ3v) is 7.07. The molecule has 3 rings (SSSR count). The van der Waals surface area contributed by atoms with Gasteiger partial charge in [0.25, 0.3) is 5.91 Å². The van der Waals surface area contributed by atoms with Crippen LogP contribution in [-0.2, 0) is 6.42 Å². The first kappa shape index (κ1) is 22.7. The Balaban J connectivity index is 1.77. The van der Waals surface area contributed by atoms with E-state index in [4.69, 9.17) is 9.68 Å². The van der Waals surface area contributed by atoms with E-state index < -0.39 is 0 Å². The van der Waals surface area contributed by atoms with Gasteiger partial charge >= 0.3 is 0 Å². The number of amides is 1. The molecule has 1 heterocycles. The van der Waals surface area contributed by atoms with Crippen LogP contribution in [-0.4, -0.2) is 11.7 Å². The number of nitrogens with zero attached hydrogens (tertiary/aromatic N) is 1. The zero-order chi connectivity index (χ0) is 22.5. The smallest absolute Gasteiger partial charge is 0.291 e. The third-order valence-electron chi connectivity index (χ3n) is 6.00. The molecule has 0 fully saturated rings. The van der Waals surface area contributed by atoms with Gasteiger partial charge in [0.15, 0.2) is 5.76 Å². The van der Waals surface area contributed by atoms with E-state index >= 15 is 0 Å². The lowest BCUT2D eigenvalue weighted by molar-refractivity contribution is 0.0995. The van der Waals surface area contributed by atoms with E-state index in [9.17, 15) is 4.79 Å². The molecule has 0 bridgehead atoms. The van der Waals surface area contributed by atoms with Crippen LogP contribution in [0.25, 0.3) is 0 Å². The van der Waals surface area contributed by atoms with E-state index in [1.807, 2.05) is 30.3 Å². The topological polar surface area (TPSA) is 66.0 Å². The second kappa shape index (κ2) is 9.89. The van der Waals surface area contributed by atoms with Crippen molar-refractivity contribution < 1.29 is 9.21 Å². The number of furan rings is 1. The fraction of sp³-hybridized carbons (Fsp3) is 0.308. The molecule has 1 N–H and O–H groups in total. The fourth-order valence-electron chi connectivity index (χ4n) is 3.70. The Hall–Kier alpha value is -2.97. The number of para-hydroxylation sites is 1. The maximum Gasteiger partial charge on any atom is 0.291 e. The fourth-order valence-corrected chi connectivity index (χ4v) is 4.56. The lowest BCUT2D eigenvalue weighted by Crippen LogP contribution is -2.11. The highest BCUT2D eigenvalue weighted by Crippen LogP contribution is 2.30. The van der Waals surface area contributed by atoms with Crippen LogP contribution >= 0.6 is 11.8 Å². The number of benzene rings is 2. The van der Waals surface area contributed by atoms with E-state index in [0.29, 0.717) is 24.4 Å². The minimum atomic E-state index is -0.274. The predicted molar refractivity (Wildman–Crippen MR) is 127 cm³/mol. The van der Waals surface area contributed by atoms with Crippen molar-refractivity contribution in [3.63, 3.8) is 0 Å². The highest BCUT2D eigenvalue weighted by atomic mass is 32.2. The van der Waals surface area contributed by atoms with Gasteiger partial charge in [-0.2, -0.15) is 5.26 Å². The van der Waals surface area contributed by atoms with Crippen LogP contribution < -0.4 is 5.32 Å². The van der Waals surface area contributed by atoms with E-state index in [1.165, 1.54) is 33.4 Å². The van der Waals surface area contributed by atoms with Gasteiger partial charge in [0.1, 0.15) is 5.76 Å². The lowest BCUT2D eigenvalue weighted by atomic mass is 9.88. The van der Waals surface area contributed by atoms with E-state index in [2.05, 4.69) is 46.0 Å². The monoisotopic (exact) mass is 432 g/mol. The number of thioether (sulfide) groups is 1. The molecule has 0 aliphatic rings. The summed E-state index contributed by atoms with van der Waals surface area (Å²) in [6, 6.07) is 13.4. The molecule has 0 spiro atoms. The maximum absolute atomic E-state index is 12.8. The first-order chi connectivity index (χ1) is 14.8. The number of hydrogen-bond donors (Lipinski definition) is 1. The third kappa shape index (κ3) is 5.03. The largest absolute Gasteiger partial charge is 0.456 e. The number of hydrogen-bond acceptors (Lipinski definition) is 4. The summed E-state index contributed by atoms with van der Waals surface area (Å²) < 4.78 is 5.92. The molecule has 2 aromatic carbocycles. The molecule has 160 valence electrons. The van der Waals surface area contributed by atoms with E-state index in [-0.39, 0.29) is 5.91 Å². The van der Waals surface area contributed by atoms with Crippen molar-refractivity contribution in [1.82, 2.24) is 0 Å². The summed E-state index contributed by atoms with van der Waals surface area (Å²) in [5, 5.41) is 11.7. The Morgan fingerprint density at radius 2 is 1.61 bits per heavy atom. The van der Waals surface area contributed by atoms with Gasteiger partial charge < -0.3 is 9.73 Å². The Morgan fingerprint density at radius 1 is 0.968 bits per heavy atom. The molecule has 0 aliphatic heterocycles. The van der Waals surface area contributed by atoms with Gasteiger partial charge in [0, 0.05) is 23.5 Å². The standard InChI is InChI=1S/C26H28N2O2S/c1-16-17(2)19(4)22(20(5)18(16)3)15-21-11-12-24(30-21)26(29)28-23-9-6-7-10-25(23)31-14-8-13-27/h6-7,9-12H,8,14-15H2,1-5H3,(H,28,29).